The summed E-state index contributed by atoms with van der Waals surface area (Å²) >= 11 is 0. The Morgan fingerprint density at radius 1 is 1.27 bits per heavy atom. The van der Waals surface area contributed by atoms with E-state index in [4.69, 9.17) is 9.47 Å². The number of aromatic hydroxyl groups is 1. The molecule has 0 aliphatic heterocycles. The molecule has 120 valence electrons. The standard InChI is InChI=1S/C18H24O4/c1-10-11(2)15-7-13(10)6-14(15)9-22-18(20)12-4-5-16(19)17(8-12)21-3/h4-5,8,10-11,13-15,19H,6-7,9H2,1-3H3. The van der Waals surface area contributed by atoms with Gasteiger partial charge in [-0.15, -0.1) is 0 Å². The molecule has 0 spiro atoms. The molecule has 2 saturated carbocycles. The van der Waals surface area contributed by atoms with Gasteiger partial charge in [-0.2, -0.15) is 0 Å². The number of phenols is 1. The second-order valence-corrected chi connectivity index (χ2v) is 6.86. The first-order valence-electron chi connectivity index (χ1n) is 8.05. The number of ether oxygens (including phenoxy) is 2. The lowest BCUT2D eigenvalue weighted by Gasteiger charge is -2.31. The normalized spacial score (nSPS) is 33.0. The lowest BCUT2D eigenvalue weighted by Crippen LogP contribution is -2.28. The molecule has 0 heterocycles. The summed E-state index contributed by atoms with van der Waals surface area (Å²) in [5.74, 6) is 3.50. The summed E-state index contributed by atoms with van der Waals surface area (Å²) in [5.41, 5.74) is 0.416. The van der Waals surface area contributed by atoms with Crippen LogP contribution in [0.3, 0.4) is 0 Å². The van der Waals surface area contributed by atoms with Gasteiger partial charge in [-0.1, -0.05) is 13.8 Å². The van der Waals surface area contributed by atoms with Crippen LogP contribution in [0.1, 0.15) is 37.0 Å². The van der Waals surface area contributed by atoms with Crippen molar-refractivity contribution in [3.8, 4) is 11.5 Å². The van der Waals surface area contributed by atoms with Crippen molar-refractivity contribution in [3.63, 3.8) is 0 Å². The Labute approximate surface area is 131 Å². The van der Waals surface area contributed by atoms with Crippen LogP contribution in [-0.4, -0.2) is 24.8 Å². The minimum Gasteiger partial charge on any atom is -0.504 e. The molecule has 22 heavy (non-hydrogen) atoms. The monoisotopic (exact) mass is 304 g/mol. The van der Waals surface area contributed by atoms with Crippen molar-refractivity contribution in [2.75, 3.05) is 13.7 Å². The molecule has 5 unspecified atom stereocenters. The SMILES string of the molecule is COc1cc(C(=O)OCC2CC3CC2C(C)C3C)ccc1O. The van der Waals surface area contributed by atoms with E-state index in [1.165, 1.54) is 32.1 Å². The summed E-state index contributed by atoms with van der Waals surface area (Å²) in [6.07, 6.45) is 2.47. The first kappa shape index (κ1) is 15.2. The highest BCUT2D eigenvalue weighted by Crippen LogP contribution is 2.54. The summed E-state index contributed by atoms with van der Waals surface area (Å²) in [5, 5.41) is 9.57. The minimum atomic E-state index is -0.346. The number of esters is 1. The van der Waals surface area contributed by atoms with E-state index in [1.54, 1.807) is 6.07 Å². The van der Waals surface area contributed by atoms with Gasteiger partial charge in [0.15, 0.2) is 11.5 Å². The zero-order valence-electron chi connectivity index (χ0n) is 13.4. The number of fused-ring (bicyclic) bond motifs is 2. The van der Waals surface area contributed by atoms with E-state index in [1.807, 2.05) is 0 Å². The molecule has 4 heteroatoms. The Kier molecular flexibility index (Phi) is 4.02. The maximum Gasteiger partial charge on any atom is 0.338 e. The number of hydrogen-bond acceptors (Lipinski definition) is 4. The first-order chi connectivity index (χ1) is 10.5. The van der Waals surface area contributed by atoms with Gasteiger partial charge in [-0.3, -0.25) is 0 Å². The third-order valence-electron chi connectivity index (χ3n) is 5.88. The zero-order valence-corrected chi connectivity index (χ0v) is 13.4. The van der Waals surface area contributed by atoms with Crippen LogP contribution < -0.4 is 4.74 Å². The summed E-state index contributed by atoms with van der Waals surface area (Å²) in [6.45, 7) is 5.18. The average molecular weight is 304 g/mol. The van der Waals surface area contributed by atoms with Crippen molar-refractivity contribution >= 4 is 5.97 Å². The summed E-state index contributed by atoms with van der Waals surface area (Å²) in [4.78, 5) is 12.2. The predicted octanol–water partition coefficient (Wildman–Crippen LogP) is 3.49. The topological polar surface area (TPSA) is 55.8 Å². The lowest BCUT2D eigenvalue weighted by molar-refractivity contribution is 0.0336. The average Bonchev–Trinajstić information content (AvgIpc) is 3.05. The molecule has 1 aromatic rings. The van der Waals surface area contributed by atoms with Crippen molar-refractivity contribution in [1.82, 2.24) is 0 Å². The Hall–Kier alpha value is -1.71. The van der Waals surface area contributed by atoms with E-state index in [-0.39, 0.29) is 17.5 Å². The van der Waals surface area contributed by atoms with E-state index in [0.29, 0.717) is 24.0 Å². The molecular weight excluding hydrogens is 280 g/mol. The Morgan fingerprint density at radius 2 is 2.05 bits per heavy atom. The van der Waals surface area contributed by atoms with Gasteiger partial charge in [0.1, 0.15) is 0 Å². The van der Waals surface area contributed by atoms with E-state index in [9.17, 15) is 9.90 Å². The maximum absolute atomic E-state index is 12.2. The van der Waals surface area contributed by atoms with Crippen molar-refractivity contribution in [2.24, 2.45) is 29.6 Å². The van der Waals surface area contributed by atoms with E-state index in [2.05, 4.69) is 13.8 Å². The number of phenolic OH excluding ortho intramolecular Hbond substituents is 1. The number of carbonyl (C=O) groups is 1. The van der Waals surface area contributed by atoms with E-state index >= 15 is 0 Å². The molecule has 0 amide bonds. The molecule has 0 saturated heterocycles. The summed E-state index contributed by atoms with van der Waals surface area (Å²) in [7, 11) is 1.46. The fourth-order valence-corrected chi connectivity index (χ4v) is 4.36. The predicted molar refractivity (Wildman–Crippen MR) is 83.0 cm³/mol. The number of hydrogen-bond donors (Lipinski definition) is 1. The van der Waals surface area contributed by atoms with Crippen molar-refractivity contribution in [2.45, 2.75) is 26.7 Å². The minimum absolute atomic E-state index is 0.0231. The van der Waals surface area contributed by atoms with Gasteiger partial charge in [0.05, 0.1) is 19.3 Å². The number of benzene rings is 1. The van der Waals surface area contributed by atoms with Gasteiger partial charge >= 0.3 is 5.97 Å². The van der Waals surface area contributed by atoms with Crippen molar-refractivity contribution in [3.05, 3.63) is 23.8 Å². The fraction of sp³-hybridized carbons (Fsp3) is 0.611. The third kappa shape index (κ3) is 2.55. The van der Waals surface area contributed by atoms with Crippen LogP contribution in [0.2, 0.25) is 0 Å². The third-order valence-corrected chi connectivity index (χ3v) is 5.88. The van der Waals surface area contributed by atoms with Crippen LogP contribution in [0.4, 0.5) is 0 Å². The highest BCUT2D eigenvalue weighted by molar-refractivity contribution is 5.90. The number of carbonyl (C=O) groups excluding carboxylic acids is 1. The van der Waals surface area contributed by atoms with Gasteiger partial charge in [0.2, 0.25) is 0 Å². The molecule has 5 atom stereocenters. The van der Waals surface area contributed by atoms with E-state index < -0.39 is 0 Å². The molecule has 1 aromatic carbocycles. The Bertz CT molecular complexity index is 566. The molecule has 2 bridgehead atoms. The maximum atomic E-state index is 12.2. The van der Waals surface area contributed by atoms with Gasteiger partial charge in [0.25, 0.3) is 0 Å². The van der Waals surface area contributed by atoms with Crippen molar-refractivity contribution in [1.29, 1.82) is 0 Å². The zero-order chi connectivity index (χ0) is 15.9. The molecule has 1 N–H and O–H groups in total. The number of methoxy groups -OCH3 is 1. The van der Waals surface area contributed by atoms with Crippen LogP contribution >= 0.6 is 0 Å². The summed E-state index contributed by atoms with van der Waals surface area (Å²) < 4.78 is 10.5. The van der Waals surface area contributed by atoms with E-state index in [0.717, 1.165) is 17.8 Å². The van der Waals surface area contributed by atoms with Gasteiger partial charge in [-0.05, 0) is 60.6 Å². The summed E-state index contributed by atoms with van der Waals surface area (Å²) in [6, 6.07) is 4.53. The van der Waals surface area contributed by atoms with Crippen LogP contribution in [0.25, 0.3) is 0 Å². The van der Waals surface area contributed by atoms with Crippen LogP contribution in [-0.2, 0) is 4.74 Å². The van der Waals surface area contributed by atoms with Crippen LogP contribution in [0.15, 0.2) is 18.2 Å². The van der Waals surface area contributed by atoms with Crippen LogP contribution in [0, 0.1) is 29.6 Å². The molecule has 2 fully saturated rings. The van der Waals surface area contributed by atoms with Gasteiger partial charge < -0.3 is 14.6 Å². The second-order valence-electron chi connectivity index (χ2n) is 6.86. The van der Waals surface area contributed by atoms with Gasteiger partial charge in [0, 0.05) is 0 Å². The first-order valence-corrected chi connectivity index (χ1v) is 8.05. The molecule has 3 rings (SSSR count). The number of rotatable bonds is 4. The Morgan fingerprint density at radius 3 is 2.68 bits per heavy atom. The van der Waals surface area contributed by atoms with Crippen LogP contribution in [0.5, 0.6) is 11.5 Å². The molecular formula is C18H24O4. The van der Waals surface area contributed by atoms with Crippen molar-refractivity contribution < 1.29 is 19.4 Å². The lowest BCUT2D eigenvalue weighted by atomic mass is 9.76. The molecule has 2 aliphatic rings. The quantitative estimate of drug-likeness (QED) is 0.865. The highest BCUT2D eigenvalue weighted by atomic mass is 16.5. The largest absolute Gasteiger partial charge is 0.504 e. The second kappa shape index (κ2) is 5.82. The smallest absolute Gasteiger partial charge is 0.338 e. The fourth-order valence-electron chi connectivity index (χ4n) is 4.36. The Balaban J connectivity index is 1.59. The molecule has 2 aliphatic carbocycles. The molecule has 0 radical (unpaired) electrons. The van der Waals surface area contributed by atoms with Gasteiger partial charge in [-0.25, -0.2) is 4.79 Å². The highest BCUT2D eigenvalue weighted by Gasteiger charge is 2.48. The molecule has 0 aromatic heterocycles. The molecule has 4 nitrogen and oxygen atoms in total.